The summed E-state index contributed by atoms with van der Waals surface area (Å²) in [6.45, 7) is 2.20. The summed E-state index contributed by atoms with van der Waals surface area (Å²) in [6, 6.07) is 8.65. The highest BCUT2D eigenvalue weighted by molar-refractivity contribution is 7.21. The fraction of sp³-hybridized carbons (Fsp3) is 0.0769. The molecule has 0 spiro atoms. The highest BCUT2D eigenvalue weighted by atomic mass is 32.1. The zero-order valence-electron chi connectivity index (χ0n) is 8.77. The molecule has 0 saturated carbocycles. The number of thiophene rings is 3. The molecule has 0 atom stereocenters. The molecule has 0 aliphatic heterocycles. The van der Waals surface area contributed by atoms with E-state index in [0.29, 0.717) is 0 Å². The van der Waals surface area contributed by atoms with E-state index < -0.39 is 0 Å². The van der Waals surface area contributed by atoms with Crippen molar-refractivity contribution in [3.8, 4) is 20.2 Å². The molecule has 0 bridgehead atoms. The number of hydrogen-bond donors (Lipinski definition) is 0. The number of hydrogen-bond acceptors (Lipinski definition) is 3. The Morgan fingerprint density at radius 3 is 2.19 bits per heavy atom. The van der Waals surface area contributed by atoms with E-state index in [1.807, 2.05) is 34.0 Å². The van der Waals surface area contributed by atoms with E-state index in [-0.39, 0.29) is 0 Å². The zero-order chi connectivity index (χ0) is 11.0. The van der Waals surface area contributed by atoms with Crippen LogP contribution in [0.3, 0.4) is 0 Å². The molecule has 0 unspecified atom stereocenters. The van der Waals surface area contributed by atoms with E-state index in [4.69, 9.17) is 0 Å². The van der Waals surface area contributed by atoms with E-state index in [1.54, 1.807) is 0 Å². The molecule has 3 heterocycles. The van der Waals surface area contributed by atoms with Gasteiger partial charge in [0.1, 0.15) is 0 Å². The van der Waals surface area contributed by atoms with Crippen molar-refractivity contribution in [1.82, 2.24) is 0 Å². The van der Waals surface area contributed by atoms with Crippen LogP contribution in [0.5, 0.6) is 0 Å². The Kier molecular flexibility index (Phi) is 2.67. The third kappa shape index (κ3) is 1.65. The summed E-state index contributed by atoms with van der Waals surface area (Å²) in [6.07, 6.45) is 0. The van der Waals surface area contributed by atoms with Gasteiger partial charge in [0, 0.05) is 15.3 Å². The molecule has 0 aromatic carbocycles. The maximum atomic E-state index is 2.25. The fourth-order valence-electron chi connectivity index (χ4n) is 1.76. The van der Waals surface area contributed by atoms with Crippen LogP contribution < -0.4 is 0 Å². The summed E-state index contributed by atoms with van der Waals surface area (Å²) in [5.74, 6) is 0. The topological polar surface area (TPSA) is 0 Å². The smallest absolute Gasteiger partial charge is 0.0531 e. The third-order valence-electron chi connectivity index (χ3n) is 2.49. The first-order valence-corrected chi connectivity index (χ1v) is 7.66. The second-order valence-corrected chi connectivity index (χ2v) is 6.35. The van der Waals surface area contributed by atoms with Crippen LogP contribution in [0.4, 0.5) is 0 Å². The van der Waals surface area contributed by atoms with Crippen molar-refractivity contribution >= 4 is 34.0 Å². The Bertz CT molecular complexity index is 571. The molecule has 0 amide bonds. The van der Waals surface area contributed by atoms with Gasteiger partial charge in [-0.15, -0.1) is 34.0 Å². The van der Waals surface area contributed by atoms with Crippen LogP contribution in [0.15, 0.2) is 40.4 Å². The molecule has 3 aromatic heterocycles. The van der Waals surface area contributed by atoms with Crippen LogP contribution in [0.25, 0.3) is 20.2 Å². The van der Waals surface area contributed by atoms with Crippen LogP contribution in [0, 0.1) is 6.92 Å². The molecule has 0 N–H and O–H groups in total. The molecule has 3 rings (SSSR count). The van der Waals surface area contributed by atoms with Crippen molar-refractivity contribution in [1.29, 1.82) is 0 Å². The number of rotatable bonds is 2. The van der Waals surface area contributed by atoms with Crippen molar-refractivity contribution in [2.45, 2.75) is 6.92 Å². The van der Waals surface area contributed by atoms with Crippen molar-refractivity contribution in [3.05, 3.63) is 46.0 Å². The summed E-state index contributed by atoms with van der Waals surface area (Å²) >= 11 is 5.48. The molecule has 0 aliphatic carbocycles. The minimum Gasteiger partial charge on any atom is -0.144 e. The third-order valence-corrected chi connectivity index (χ3v) is 5.52. The van der Waals surface area contributed by atoms with Gasteiger partial charge < -0.3 is 0 Å². The fourth-order valence-corrected chi connectivity index (χ4v) is 4.61. The Labute approximate surface area is 107 Å². The quantitative estimate of drug-likeness (QED) is 0.571. The maximum Gasteiger partial charge on any atom is 0.0531 e. The predicted octanol–water partition coefficient (Wildman–Crippen LogP) is 5.51. The van der Waals surface area contributed by atoms with E-state index in [2.05, 4.69) is 47.3 Å². The predicted molar refractivity (Wildman–Crippen MR) is 75.7 cm³/mol. The van der Waals surface area contributed by atoms with E-state index >= 15 is 0 Å². The standard InChI is InChI=1S/C13H10S3/c1-9-8-16-13(11-5-3-7-15-11)12(9)10-4-2-6-14-10/h2-8H,1H3. The Hall–Kier alpha value is -0.900. The summed E-state index contributed by atoms with van der Waals surface area (Å²) < 4.78 is 0. The van der Waals surface area contributed by atoms with Crippen LogP contribution in [-0.4, -0.2) is 0 Å². The first kappa shape index (κ1) is 10.3. The second-order valence-electron chi connectivity index (χ2n) is 3.58. The van der Waals surface area contributed by atoms with Crippen molar-refractivity contribution in [2.24, 2.45) is 0 Å². The van der Waals surface area contributed by atoms with Crippen LogP contribution in [0.1, 0.15) is 5.56 Å². The van der Waals surface area contributed by atoms with Crippen LogP contribution in [-0.2, 0) is 0 Å². The first-order chi connectivity index (χ1) is 7.86. The van der Waals surface area contributed by atoms with E-state index in [9.17, 15) is 0 Å². The largest absolute Gasteiger partial charge is 0.144 e. The van der Waals surface area contributed by atoms with Gasteiger partial charge in [0.25, 0.3) is 0 Å². The first-order valence-electron chi connectivity index (χ1n) is 5.02. The normalized spacial score (nSPS) is 10.8. The van der Waals surface area contributed by atoms with Gasteiger partial charge in [-0.1, -0.05) is 12.1 Å². The zero-order valence-corrected chi connectivity index (χ0v) is 11.2. The Morgan fingerprint density at radius 2 is 1.56 bits per heavy atom. The molecular weight excluding hydrogens is 252 g/mol. The molecule has 0 radical (unpaired) electrons. The summed E-state index contributed by atoms with van der Waals surface area (Å²) in [4.78, 5) is 4.17. The summed E-state index contributed by atoms with van der Waals surface area (Å²) in [5.41, 5.74) is 2.80. The van der Waals surface area contributed by atoms with Crippen LogP contribution in [0.2, 0.25) is 0 Å². The summed E-state index contributed by atoms with van der Waals surface area (Å²) in [5, 5.41) is 6.54. The molecular formula is C13H10S3. The molecule has 0 aliphatic rings. The average Bonchev–Trinajstić information content (AvgIpc) is 2.96. The lowest BCUT2D eigenvalue weighted by Gasteiger charge is -2.00. The lowest BCUT2D eigenvalue weighted by molar-refractivity contribution is 1.56. The van der Waals surface area contributed by atoms with Gasteiger partial charge in [-0.05, 0) is 40.8 Å². The molecule has 3 heteroatoms. The molecule has 0 saturated heterocycles. The molecule has 0 nitrogen and oxygen atoms in total. The van der Waals surface area contributed by atoms with Crippen molar-refractivity contribution in [3.63, 3.8) is 0 Å². The van der Waals surface area contributed by atoms with Gasteiger partial charge in [-0.2, -0.15) is 0 Å². The van der Waals surface area contributed by atoms with Crippen molar-refractivity contribution in [2.75, 3.05) is 0 Å². The maximum absolute atomic E-state index is 2.25. The highest BCUT2D eigenvalue weighted by Crippen LogP contribution is 2.42. The lowest BCUT2D eigenvalue weighted by Crippen LogP contribution is -1.75. The van der Waals surface area contributed by atoms with Gasteiger partial charge in [-0.3, -0.25) is 0 Å². The lowest BCUT2D eigenvalue weighted by atomic mass is 10.1. The Morgan fingerprint density at radius 1 is 0.875 bits per heavy atom. The van der Waals surface area contributed by atoms with Crippen molar-refractivity contribution < 1.29 is 0 Å². The molecule has 3 aromatic rings. The average molecular weight is 262 g/mol. The molecule has 80 valence electrons. The highest BCUT2D eigenvalue weighted by Gasteiger charge is 2.13. The SMILES string of the molecule is Cc1csc(-c2cccs2)c1-c1cccs1. The van der Waals surface area contributed by atoms with Gasteiger partial charge in [-0.25, -0.2) is 0 Å². The van der Waals surface area contributed by atoms with Gasteiger partial charge >= 0.3 is 0 Å². The van der Waals surface area contributed by atoms with Gasteiger partial charge in [0.2, 0.25) is 0 Å². The minimum absolute atomic E-state index is 1.38. The number of aryl methyl sites for hydroxylation is 1. The molecule has 0 fully saturated rings. The second kappa shape index (κ2) is 4.17. The Balaban J connectivity index is 2.21. The van der Waals surface area contributed by atoms with Gasteiger partial charge in [0.05, 0.1) is 4.88 Å². The van der Waals surface area contributed by atoms with E-state index in [1.165, 1.54) is 25.8 Å². The monoisotopic (exact) mass is 262 g/mol. The van der Waals surface area contributed by atoms with Crippen LogP contribution >= 0.6 is 34.0 Å². The van der Waals surface area contributed by atoms with Gasteiger partial charge in [0.15, 0.2) is 0 Å². The minimum atomic E-state index is 1.38. The molecule has 16 heavy (non-hydrogen) atoms. The van der Waals surface area contributed by atoms with E-state index in [0.717, 1.165) is 0 Å². The summed E-state index contributed by atoms with van der Waals surface area (Å²) in [7, 11) is 0.